The Hall–Kier alpha value is -8.60. The third-order valence-corrected chi connectivity index (χ3v) is 12.7. The quantitative estimate of drug-likeness (QED) is 0.142. The minimum absolute atomic E-state index is 0. The zero-order valence-corrected chi connectivity index (χ0v) is 43.6. The maximum absolute atomic E-state index is 12.6. The van der Waals surface area contributed by atoms with Gasteiger partial charge >= 0.3 is 20.1 Å². The summed E-state index contributed by atoms with van der Waals surface area (Å²) in [4.78, 5) is 13.6. The van der Waals surface area contributed by atoms with E-state index in [-0.39, 0.29) is 37.8 Å². The number of hydrogen-bond acceptors (Lipinski definition) is 5. The maximum Gasteiger partial charge on any atom is 3.00 e. The molecule has 0 bridgehead atoms. The zero-order valence-electron chi connectivity index (χ0n) is 41.2. The Labute approximate surface area is 444 Å². The summed E-state index contributed by atoms with van der Waals surface area (Å²) in [7, 11) is 0. The van der Waals surface area contributed by atoms with Gasteiger partial charge in [-0.05, 0) is 111 Å². The molecule has 4 heterocycles. The number of aromatic nitrogens is 4. The Kier molecular flexibility index (Phi) is 15.6. The molecule has 4 aromatic heterocycles. The molecule has 0 saturated carbocycles. The SMILES string of the molecule is CC(C)c1cc(-c2ccccc2)cc(C(C)C)c1-n1c(-c2[c-]ccc3c2oc2cc(-c4cccc(C#N)c4)ccc23)nc2ccccc21.Fc1c[c-]c(-c2ccccn2)cc1.[Ir+3].[c-]1ccccc1-c1ccccn1. The topological polar surface area (TPSA) is 80.5 Å². The van der Waals surface area contributed by atoms with Gasteiger partial charge in [0.1, 0.15) is 5.58 Å². The Morgan fingerprint density at radius 3 is 1.88 bits per heavy atom. The molecule has 0 aliphatic heterocycles. The van der Waals surface area contributed by atoms with Crippen molar-refractivity contribution >= 4 is 33.0 Å². The van der Waals surface area contributed by atoms with Crippen molar-refractivity contribution in [3.8, 4) is 67.9 Å². The third-order valence-electron chi connectivity index (χ3n) is 12.7. The number of benzene rings is 8. The van der Waals surface area contributed by atoms with Crippen molar-refractivity contribution in [2.24, 2.45) is 0 Å². The van der Waals surface area contributed by atoms with Crippen LogP contribution >= 0.6 is 0 Å². The van der Waals surface area contributed by atoms with Crippen LogP contribution in [0.3, 0.4) is 0 Å². The van der Waals surface area contributed by atoms with Crippen molar-refractivity contribution in [2.45, 2.75) is 39.5 Å². The van der Waals surface area contributed by atoms with Crippen LogP contribution in [-0.4, -0.2) is 19.5 Å². The summed E-state index contributed by atoms with van der Waals surface area (Å²) in [6.45, 7) is 9.08. The predicted octanol–water partition coefficient (Wildman–Crippen LogP) is 17.1. The van der Waals surface area contributed by atoms with Crippen LogP contribution in [0, 0.1) is 35.3 Å². The van der Waals surface area contributed by atoms with E-state index >= 15 is 0 Å². The van der Waals surface area contributed by atoms with Gasteiger partial charge in [-0.1, -0.05) is 130 Å². The normalized spacial score (nSPS) is 10.9. The van der Waals surface area contributed by atoms with E-state index in [4.69, 9.17) is 9.40 Å². The molecule has 6 nitrogen and oxygen atoms in total. The van der Waals surface area contributed by atoms with Crippen LogP contribution in [0.4, 0.5) is 4.39 Å². The van der Waals surface area contributed by atoms with Gasteiger partial charge in [0.25, 0.3) is 0 Å². The Balaban J connectivity index is 0.000000209. The molecule has 0 radical (unpaired) electrons. The zero-order chi connectivity index (χ0) is 50.3. The van der Waals surface area contributed by atoms with Gasteiger partial charge in [-0.2, -0.15) is 5.26 Å². The molecule has 8 heteroatoms. The fraction of sp³-hybridized carbons (Fsp3) is 0.0909. The summed E-state index contributed by atoms with van der Waals surface area (Å²) in [5.74, 6) is 1.05. The molecule has 0 spiro atoms. The van der Waals surface area contributed by atoms with E-state index in [1.807, 2.05) is 97.1 Å². The van der Waals surface area contributed by atoms with Gasteiger partial charge in [-0.3, -0.25) is 9.37 Å². The molecule has 0 amide bonds. The molecular formula is C66H49FIrN5O. The van der Waals surface area contributed by atoms with Gasteiger partial charge in [0.2, 0.25) is 0 Å². The van der Waals surface area contributed by atoms with Gasteiger partial charge in [-0.25, -0.2) is 0 Å². The first kappa shape index (κ1) is 50.3. The number of nitriles is 1. The van der Waals surface area contributed by atoms with Gasteiger partial charge in [0.15, 0.2) is 0 Å². The number of furan rings is 1. The van der Waals surface area contributed by atoms with Crippen molar-refractivity contribution in [2.75, 3.05) is 0 Å². The van der Waals surface area contributed by atoms with E-state index in [0.29, 0.717) is 5.56 Å². The van der Waals surface area contributed by atoms with E-state index in [1.54, 1.807) is 18.5 Å². The molecule has 360 valence electrons. The van der Waals surface area contributed by atoms with Crippen LogP contribution in [0.1, 0.15) is 56.2 Å². The molecule has 0 N–H and O–H groups in total. The summed E-state index contributed by atoms with van der Waals surface area (Å²) in [6, 6.07) is 77.1. The average Bonchev–Trinajstić information content (AvgIpc) is 4.03. The number of fused-ring (bicyclic) bond motifs is 4. The number of para-hydroxylation sites is 2. The van der Waals surface area contributed by atoms with Crippen molar-refractivity contribution in [1.29, 1.82) is 5.26 Å². The fourth-order valence-electron chi connectivity index (χ4n) is 9.05. The largest absolute Gasteiger partial charge is 3.00 e. The van der Waals surface area contributed by atoms with E-state index in [0.717, 1.165) is 78.0 Å². The fourth-order valence-corrected chi connectivity index (χ4v) is 9.05. The van der Waals surface area contributed by atoms with Crippen LogP contribution in [0.5, 0.6) is 0 Å². The number of halogens is 1. The van der Waals surface area contributed by atoms with Gasteiger partial charge < -0.3 is 19.0 Å². The summed E-state index contributed by atoms with van der Waals surface area (Å²) >= 11 is 0. The summed E-state index contributed by atoms with van der Waals surface area (Å²) in [5, 5.41) is 11.5. The van der Waals surface area contributed by atoms with E-state index in [1.165, 1.54) is 40.1 Å². The monoisotopic (exact) mass is 1140 g/mol. The van der Waals surface area contributed by atoms with Crippen LogP contribution < -0.4 is 0 Å². The molecule has 0 atom stereocenters. The number of imidazole rings is 1. The molecule has 0 saturated heterocycles. The third kappa shape index (κ3) is 10.8. The maximum atomic E-state index is 12.6. The minimum atomic E-state index is -0.278. The number of rotatable bonds is 8. The molecule has 0 fully saturated rings. The van der Waals surface area contributed by atoms with Crippen molar-refractivity contribution in [3.05, 3.63) is 253 Å². The van der Waals surface area contributed by atoms with Crippen molar-refractivity contribution in [3.63, 3.8) is 0 Å². The second-order valence-electron chi connectivity index (χ2n) is 18.2. The molecule has 0 aliphatic rings. The van der Waals surface area contributed by atoms with E-state index in [9.17, 15) is 9.65 Å². The Morgan fingerprint density at radius 1 is 0.568 bits per heavy atom. The van der Waals surface area contributed by atoms with Crippen LogP contribution in [-0.2, 0) is 20.1 Å². The molecule has 12 aromatic rings. The second-order valence-corrected chi connectivity index (χ2v) is 18.2. The standard InChI is InChI=1S/C44H34N3O.C11H7FN.C11H8N.Ir/c1-27(2)37-23-33(30-13-6-5-7-14-30)24-38(28(3)4)42(37)47-40-19-9-8-18-39(40)46-44(47)36-17-11-16-35-34-21-20-32(25-41(34)48-43(35)36)31-15-10-12-29(22-31)26-45;12-10-6-4-9(5-7-10)11-3-1-2-8-13-11;1-2-6-10(7-3-1)11-8-4-5-9-12-11;/h5-16,18-25,27-28H,1-4H3;1-4,6-8H;1-6,8-9H;/q3*-1;+3. The molecule has 8 aromatic carbocycles. The first-order valence-corrected chi connectivity index (χ1v) is 24.3. The second kappa shape index (κ2) is 22.9. The number of hydrogen-bond donors (Lipinski definition) is 0. The number of nitrogens with zero attached hydrogens (tertiary/aromatic N) is 5. The van der Waals surface area contributed by atoms with E-state index in [2.05, 4.69) is 151 Å². The first-order chi connectivity index (χ1) is 35.7. The van der Waals surface area contributed by atoms with Crippen LogP contribution in [0.2, 0.25) is 0 Å². The first-order valence-electron chi connectivity index (χ1n) is 24.3. The van der Waals surface area contributed by atoms with Crippen molar-refractivity contribution < 1.29 is 28.9 Å². The van der Waals surface area contributed by atoms with Crippen LogP contribution in [0.15, 0.2) is 217 Å². The Bertz CT molecular complexity index is 3800. The summed E-state index contributed by atoms with van der Waals surface area (Å²) < 4.78 is 21.6. The predicted molar refractivity (Wildman–Crippen MR) is 293 cm³/mol. The summed E-state index contributed by atoms with van der Waals surface area (Å²) in [6.07, 6.45) is 3.49. The molecule has 12 rings (SSSR count). The van der Waals surface area contributed by atoms with Gasteiger partial charge in [0, 0.05) is 29.3 Å². The Morgan fingerprint density at radius 2 is 1.23 bits per heavy atom. The smallest absolute Gasteiger partial charge is 0.501 e. The minimum Gasteiger partial charge on any atom is -0.501 e. The average molecular weight is 1140 g/mol. The molecule has 74 heavy (non-hydrogen) atoms. The van der Waals surface area contributed by atoms with Crippen molar-refractivity contribution in [1.82, 2.24) is 19.5 Å². The molecule has 0 aliphatic carbocycles. The van der Waals surface area contributed by atoms with E-state index < -0.39 is 0 Å². The summed E-state index contributed by atoms with van der Waals surface area (Å²) in [5.41, 5.74) is 16.7. The van der Waals surface area contributed by atoms with Gasteiger partial charge in [-0.15, -0.1) is 83.9 Å². The molecule has 0 unspecified atom stereocenters. The van der Waals surface area contributed by atoms with Gasteiger partial charge in [0.05, 0.1) is 34.1 Å². The van der Waals surface area contributed by atoms with Crippen LogP contribution in [0.25, 0.3) is 94.8 Å². The molecular weight excluding hydrogens is 1090 g/mol. The number of pyridine rings is 2.